The highest BCUT2D eigenvalue weighted by Gasteiger charge is 2.13. The number of benzene rings is 2. The molecule has 0 heterocycles. The lowest BCUT2D eigenvalue weighted by Crippen LogP contribution is -2.36. The molecular weight excluding hydrogens is 330 g/mol. The number of hydrogen-bond acceptors (Lipinski definition) is 5. The molecule has 0 aliphatic rings. The summed E-state index contributed by atoms with van der Waals surface area (Å²) in [6, 6.07) is 17.9. The molecule has 5 heteroatoms. The van der Waals surface area contributed by atoms with Crippen molar-refractivity contribution in [1.82, 2.24) is 4.90 Å². The van der Waals surface area contributed by atoms with Crippen molar-refractivity contribution in [2.45, 2.75) is 19.3 Å². The van der Waals surface area contributed by atoms with Gasteiger partial charge in [-0.25, -0.2) is 0 Å². The monoisotopic (exact) mass is 359 g/mol. The summed E-state index contributed by atoms with van der Waals surface area (Å²) in [6.07, 6.45) is -0.554. The third kappa shape index (κ3) is 7.54. The molecule has 0 saturated heterocycles. The molecule has 0 fully saturated rings. The fraction of sp³-hybridized carbons (Fsp3) is 0.429. The van der Waals surface area contributed by atoms with E-state index in [0.29, 0.717) is 26.4 Å². The standard InChI is InChI=1S/C21H29NO4/c1-24-12-11-22(14-19-9-6-10-21(13-19)25-2)15-20(23)17-26-16-18-7-4-3-5-8-18/h3-10,13,20,23H,11-12,14-17H2,1-2H3/t20-/m0/s1. The van der Waals surface area contributed by atoms with Crippen LogP contribution in [0, 0.1) is 0 Å². The van der Waals surface area contributed by atoms with Crippen molar-refractivity contribution in [2.24, 2.45) is 0 Å². The molecule has 0 aliphatic heterocycles. The molecule has 2 rings (SSSR count). The summed E-state index contributed by atoms with van der Waals surface area (Å²) >= 11 is 0. The molecule has 0 saturated carbocycles. The molecule has 142 valence electrons. The van der Waals surface area contributed by atoms with Crippen molar-refractivity contribution in [3.8, 4) is 5.75 Å². The third-order valence-electron chi connectivity index (χ3n) is 4.04. The number of ether oxygens (including phenoxy) is 3. The van der Waals surface area contributed by atoms with Gasteiger partial charge in [-0.2, -0.15) is 0 Å². The molecule has 2 aromatic carbocycles. The van der Waals surface area contributed by atoms with Gasteiger partial charge in [-0.1, -0.05) is 42.5 Å². The molecule has 1 N–H and O–H groups in total. The normalized spacial score (nSPS) is 12.3. The van der Waals surface area contributed by atoms with Crippen LogP contribution in [0.15, 0.2) is 54.6 Å². The maximum Gasteiger partial charge on any atom is 0.119 e. The summed E-state index contributed by atoms with van der Waals surface area (Å²) in [5, 5.41) is 10.3. The van der Waals surface area contributed by atoms with E-state index in [2.05, 4.69) is 11.0 Å². The number of aliphatic hydroxyl groups is 1. The predicted octanol–water partition coefficient (Wildman–Crippen LogP) is 2.72. The number of hydrogen-bond donors (Lipinski definition) is 1. The predicted molar refractivity (Wildman–Crippen MR) is 102 cm³/mol. The highest BCUT2D eigenvalue weighted by Crippen LogP contribution is 2.14. The molecule has 0 spiro atoms. The Hall–Kier alpha value is -1.92. The molecule has 2 aromatic rings. The van der Waals surface area contributed by atoms with E-state index in [1.54, 1.807) is 14.2 Å². The van der Waals surface area contributed by atoms with Crippen LogP contribution in [-0.2, 0) is 22.6 Å². The Bertz CT molecular complexity index is 620. The summed E-state index contributed by atoms with van der Waals surface area (Å²) < 4.78 is 16.1. The van der Waals surface area contributed by atoms with Gasteiger partial charge in [-0.05, 0) is 23.3 Å². The highest BCUT2D eigenvalue weighted by atomic mass is 16.5. The zero-order valence-corrected chi connectivity index (χ0v) is 15.6. The molecule has 0 aromatic heterocycles. The van der Waals surface area contributed by atoms with Gasteiger partial charge in [0.15, 0.2) is 0 Å². The van der Waals surface area contributed by atoms with E-state index in [0.717, 1.165) is 30.0 Å². The Balaban J connectivity index is 1.83. The second-order valence-electron chi connectivity index (χ2n) is 6.23. The summed E-state index contributed by atoms with van der Waals surface area (Å²) in [6.45, 7) is 3.40. The van der Waals surface area contributed by atoms with Crippen molar-refractivity contribution < 1.29 is 19.3 Å². The fourth-order valence-corrected chi connectivity index (χ4v) is 2.72. The molecule has 0 aliphatic carbocycles. The van der Waals surface area contributed by atoms with Crippen LogP contribution in [0.2, 0.25) is 0 Å². The molecular formula is C21H29NO4. The van der Waals surface area contributed by atoms with E-state index in [9.17, 15) is 5.11 Å². The lowest BCUT2D eigenvalue weighted by atomic mass is 10.2. The van der Waals surface area contributed by atoms with Crippen LogP contribution in [0.1, 0.15) is 11.1 Å². The zero-order chi connectivity index (χ0) is 18.6. The molecule has 1 atom stereocenters. The molecule has 0 radical (unpaired) electrons. The smallest absolute Gasteiger partial charge is 0.119 e. The Kier molecular flexibility index (Phi) is 9.14. The molecule has 26 heavy (non-hydrogen) atoms. The number of rotatable bonds is 12. The van der Waals surface area contributed by atoms with Crippen LogP contribution in [0.25, 0.3) is 0 Å². The van der Waals surface area contributed by atoms with E-state index in [1.165, 1.54) is 0 Å². The van der Waals surface area contributed by atoms with Gasteiger partial charge in [0.2, 0.25) is 0 Å². The van der Waals surface area contributed by atoms with E-state index in [-0.39, 0.29) is 0 Å². The Morgan fingerprint density at radius 3 is 2.50 bits per heavy atom. The minimum atomic E-state index is -0.554. The fourth-order valence-electron chi connectivity index (χ4n) is 2.72. The van der Waals surface area contributed by atoms with Gasteiger partial charge in [-0.15, -0.1) is 0 Å². The average Bonchev–Trinajstić information content (AvgIpc) is 2.67. The molecule has 0 amide bonds. The van der Waals surface area contributed by atoms with Gasteiger partial charge < -0.3 is 19.3 Å². The van der Waals surface area contributed by atoms with Crippen LogP contribution in [0.5, 0.6) is 5.75 Å². The number of nitrogens with zero attached hydrogens (tertiary/aromatic N) is 1. The molecule has 5 nitrogen and oxygen atoms in total. The van der Waals surface area contributed by atoms with Gasteiger partial charge >= 0.3 is 0 Å². The summed E-state index contributed by atoms with van der Waals surface area (Å²) in [4.78, 5) is 2.16. The average molecular weight is 359 g/mol. The van der Waals surface area contributed by atoms with Crippen LogP contribution < -0.4 is 4.74 Å². The highest BCUT2D eigenvalue weighted by molar-refractivity contribution is 5.28. The first kappa shape index (κ1) is 20.4. The lowest BCUT2D eigenvalue weighted by Gasteiger charge is -2.25. The molecule has 0 unspecified atom stereocenters. The van der Waals surface area contributed by atoms with Crippen molar-refractivity contribution in [2.75, 3.05) is 40.5 Å². The van der Waals surface area contributed by atoms with Crippen molar-refractivity contribution in [3.63, 3.8) is 0 Å². The first-order valence-corrected chi connectivity index (χ1v) is 8.85. The largest absolute Gasteiger partial charge is 0.497 e. The van der Waals surface area contributed by atoms with E-state index >= 15 is 0 Å². The lowest BCUT2D eigenvalue weighted by molar-refractivity contribution is 0.00479. The van der Waals surface area contributed by atoms with E-state index < -0.39 is 6.10 Å². The van der Waals surface area contributed by atoms with Gasteiger partial charge in [0, 0.05) is 26.7 Å². The van der Waals surface area contributed by atoms with Crippen LogP contribution in [-0.4, -0.2) is 56.6 Å². The zero-order valence-electron chi connectivity index (χ0n) is 15.6. The quantitative estimate of drug-likeness (QED) is 0.631. The third-order valence-corrected chi connectivity index (χ3v) is 4.04. The number of methoxy groups -OCH3 is 2. The summed E-state index contributed by atoms with van der Waals surface area (Å²) in [7, 11) is 3.35. The second kappa shape index (κ2) is 11.6. The minimum absolute atomic E-state index is 0.302. The Morgan fingerprint density at radius 2 is 1.77 bits per heavy atom. The van der Waals surface area contributed by atoms with Gasteiger partial charge in [-0.3, -0.25) is 4.90 Å². The van der Waals surface area contributed by atoms with Crippen LogP contribution in [0.3, 0.4) is 0 Å². The first-order chi connectivity index (χ1) is 12.7. The topological polar surface area (TPSA) is 51.2 Å². The Labute approximate surface area is 156 Å². The maximum absolute atomic E-state index is 10.3. The van der Waals surface area contributed by atoms with E-state index in [1.807, 2.05) is 48.5 Å². The Morgan fingerprint density at radius 1 is 1.00 bits per heavy atom. The first-order valence-electron chi connectivity index (χ1n) is 8.85. The van der Waals surface area contributed by atoms with Crippen LogP contribution in [0.4, 0.5) is 0 Å². The summed E-state index contributed by atoms with van der Waals surface area (Å²) in [5.41, 5.74) is 2.24. The van der Waals surface area contributed by atoms with Gasteiger partial charge in [0.25, 0.3) is 0 Å². The van der Waals surface area contributed by atoms with Gasteiger partial charge in [0.05, 0.1) is 33.0 Å². The van der Waals surface area contributed by atoms with E-state index in [4.69, 9.17) is 14.2 Å². The number of aliphatic hydroxyl groups excluding tert-OH is 1. The van der Waals surface area contributed by atoms with Crippen molar-refractivity contribution in [1.29, 1.82) is 0 Å². The van der Waals surface area contributed by atoms with Gasteiger partial charge in [0.1, 0.15) is 5.75 Å². The van der Waals surface area contributed by atoms with Crippen molar-refractivity contribution >= 4 is 0 Å². The van der Waals surface area contributed by atoms with Crippen LogP contribution >= 0.6 is 0 Å². The maximum atomic E-state index is 10.3. The summed E-state index contributed by atoms with van der Waals surface area (Å²) in [5.74, 6) is 0.834. The molecule has 0 bridgehead atoms. The second-order valence-corrected chi connectivity index (χ2v) is 6.23. The minimum Gasteiger partial charge on any atom is -0.497 e. The van der Waals surface area contributed by atoms with Crippen molar-refractivity contribution in [3.05, 3.63) is 65.7 Å². The SMILES string of the molecule is COCCN(Cc1cccc(OC)c1)C[C@H](O)COCc1ccccc1.